The average molecular weight is 516 g/mol. The number of thiazole rings is 1. The zero-order valence-electron chi connectivity index (χ0n) is 16.2. The molecular weight excluding hydrogens is 501 g/mol. The molecule has 0 unspecified atom stereocenters. The molecule has 0 saturated carbocycles. The normalized spacial score (nSPS) is 11.5. The zero-order chi connectivity index (χ0) is 22.2. The van der Waals surface area contributed by atoms with E-state index >= 15 is 0 Å². The minimum Gasteiger partial charge on any atom is -0.286 e. The number of carbonyl (C=O) groups is 1. The van der Waals surface area contributed by atoms with Crippen LogP contribution in [0.2, 0.25) is 0 Å². The Morgan fingerprint density at radius 1 is 0.968 bits per heavy atom. The van der Waals surface area contributed by atoms with Crippen molar-refractivity contribution in [3.05, 3.63) is 93.7 Å². The lowest BCUT2D eigenvalue weighted by Gasteiger charge is -2.08. The van der Waals surface area contributed by atoms with Crippen LogP contribution in [0, 0.1) is 5.82 Å². The summed E-state index contributed by atoms with van der Waals surface area (Å²) in [6.45, 7) is 0. The number of hydrogen-bond acceptors (Lipinski definition) is 5. The van der Waals surface area contributed by atoms with Crippen molar-refractivity contribution in [3.63, 3.8) is 0 Å². The van der Waals surface area contributed by atoms with Crippen LogP contribution < -0.4 is 0 Å². The van der Waals surface area contributed by atoms with Crippen molar-refractivity contribution < 1.29 is 17.6 Å². The molecule has 1 aromatic heterocycles. The minimum atomic E-state index is -3.54. The summed E-state index contributed by atoms with van der Waals surface area (Å²) in [5, 5.41) is 0.222. The van der Waals surface area contributed by atoms with Gasteiger partial charge in [-0.3, -0.25) is 4.79 Å². The first-order chi connectivity index (χ1) is 14.7. The molecule has 0 amide bonds. The number of rotatable bonds is 5. The fraction of sp³-hybridized carbons (Fsp3) is 0.0435. The second-order valence-corrected chi connectivity index (χ2v) is 10.7. The molecule has 31 heavy (non-hydrogen) atoms. The number of ketones is 1. The van der Waals surface area contributed by atoms with Gasteiger partial charge in [-0.25, -0.2) is 17.8 Å². The van der Waals surface area contributed by atoms with Gasteiger partial charge in [-0.1, -0.05) is 46.3 Å². The van der Waals surface area contributed by atoms with E-state index in [2.05, 4.69) is 20.9 Å². The molecule has 0 N–H and O–H groups in total. The molecule has 0 aliphatic heterocycles. The molecule has 0 atom stereocenters. The first-order valence-electron chi connectivity index (χ1n) is 9.10. The molecule has 4 nitrogen and oxygen atoms in total. The highest BCUT2D eigenvalue weighted by Crippen LogP contribution is 2.40. The maximum Gasteiger partial charge on any atom is 0.221 e. The van der Waals surface area contributed by atoms with E-state index in [-0.39, 0.29) is 15.7 Å². The van der Waals surface area contributed by atoms with Crippen molar-refractivity contribution in [3.8, 4) is 21.7 Å². The van der Waals surface area contributed by atoms with Crippen molar-refractivity contribution in [2.24, 2.45) is 0 Å². The molecule has 0 aliphatic rings. The smallest absolute Gasteiger partial charge is 0.221 e. The molecule has 4 aromatic rings. The molecular formula is C23H15BrFNO3S2. The van der Waals surface area contributed by atoms with Gasteiger partial charge in [0.1, 0.15) is 5.82 Å². The van der Waals surface area contributed by atoms with Gasteiger partial charge in [-0.15, -0.1) is 11.3 Å². The van der Waals surface area contributed by atoms with Gasteiger partial charge in [-0.2, -0.15) is 0 Å². The third-order valence-electron chi connectivity index (χ3n) is 4.58. The highest BCUT2D eigenvalue weighted by molar-refractivity contribution is 9.10. The molecule has 0 radical (unpaired) electrons. The van der Waals surface area contributed by atoms with Gasteiger partial charge in [-0.05, 0) is 48.0 Å². The SMILES string of the molecule is CS(=O)(=O)c1ccccc1-c1nc(C(=O)c2ccc(Br)cc2)sc1-c1ccc(F)cc1. The van der Waals surface area contributed by atoms with E-state index in [0.29, 0.717) is 27.3 Å². The van der Waals surface area contributed by atoms with Gasteiger partial charge < -0.3 is 0 Å². The topological polar surface area (TPSA) is 64.1 Å². The van der Waals surface area contributed by atoms with E-state index in [1.165, 1.54) is 18.2 Å². The van der Waals surface area contributed by atoms with Gasteiger partial charge in [0.25, 0.3) is 0 Å². The predicted octanol–water partition coefficient (Wildman–Crippen LogP) is 6.01. The fourth-order valence-corrected chi connectivity index (χ4v) is 5.31. The van der Waals surface area contributed by atoms with E-state index < -0.39 is 15.7 Å². The summed E-state index contributed by atoms with van der Waals surface area (Å²) in [7, 11) is -3.54. The van der Waals surface area contributed by atoms with E-state index in [0.717, 1.165) is 22.1 Å². The first-order valence-corrected chi connectivity index (χ1v) is 12.6. The second-order valence-electron chi connectivity index (χ2n) is 6.81. The maximum absolute atomic E-state index is 13.5. The van der Waals surface area contributed by atoms with E-state index in [9.17, 15) is 17.6 Å². The predicted molar refractivity (Wildman–Crippen MR) is 124 cm³/mol. The Balaban J connectivity index is 1.93. The number of halogens is 2. The van der Waals surface area contributed by atoms with Crippen molar-refractivity contribution in [2.45, 2.75) is 4.90 Å². The van der Waals surface area contributed by atoms with Gasteiger partial charge in [0.15, 0.2) is 14.8 Å². The summed E-state index contributed by atoms with van der Waals surface area (Å²) in [6, 6.07) is 19.2. The monoisotopic (exact) mass is 515 g/mol. The van der Waals surface area contributed by atoms with E-state index in [4.69, 9.17) is 0 Å². The highest BCUT2D eigenvalue weighted by Gasteiger charge is 2.24. The Hall–Kier alpha value is -2.68. The summed E-state index contributed by atoms with van der Waals surface area (Å²) in [6.07, 6.45) is 1.13. The highest BCUT2D eigenvalue weighted by atomic mass is 79.9. The Morgan fingerprint density at radius 2 is 1.61 bits per heavy atom. The van der Waals surface area contributed by atoms with Crippen LogP contribution >= 0.6 is 27.3 Å². The molecule has 0 bridgehead atoms. The number of carbonyl (C=O) groups excluding carboxylic acids is 1. The third kappa shape index (κ3) is 4.51. The maximum atomic E-state index is 13.5. The van der Waals surface area contributed by atoms with Crippen LogP contribution in [0.4, 0.5) is 4.39 Å². The average Bonchev–Trinajstić information content (AvgIpc) is 3.19. The molecule has 0 spiro atoms. The van der Waals surface area contributed by atoms with Gasteiger partial charge in [0, 0.05) is 21.9 Å². The number of sulfone groups is 1. The lowest BCUT2D eigenvalue weighted by molar-refractivity contribution is 0.103. The Bertz CT molecular complexity index is 1380. The van der Waals surface area contributed by atoms with Crippen LogP contribution in [0.5, 0.6) is 0 Å². The number of benzene rings is 3. The third-order valence-corrected chi connectivity index (χ3v) is 7.36. The summed E-state index contributed by atoms with van der Waals surface area (Å²) in [5.41, 5.74) is 1.88. The van der Waals surface area contributed by atoms with Crippen molar-refractivity contribution in [2.75, 3.05) is 6.26 Å². The number of aromatic nitrogens is 1. The van der Waals surface area contributed by atoms with E-state index in [1.807, 2.05) is 0 Å². The van der Waals surface area contributed by atoms with Crippen LogP contribution in [-0.2, 0) is 9.84 Å². The zero-order valence-corrected chi connectivity index (χ0v) is 19.4. The molecule has 1 heterocycles. The summed E-state index contributed by atoms with van der Waals surface area (Å²) in [5.74, 6) is -0.665. The minimum absolute atomic E-state index is 0.117. The quantitative estimate of drug-likeness (QED) is 0.305. The molecule has 0 aliphatic carbocycles. The van der Waals surface area contributed by atoms with Crippen LogP contribution in [0.3, 0.4) is 0 Å². The summed E-state index contributed by atoms with van der Waals surface area (Å²) >= 11 is 4.50. The summed E-state index contributed by atoms with van der Waals surface area (Å²) in [4.78, 5) is 18.3. The van der Waals surface area contributed by atoms with Crippen molar-refractivity contribution >= 4 is 42.9 Å². The van der Waals surface area contributed by atoms with Crippen molar-refractivity contribution in [1.82, 2.24) is 4.98 Å². The molecule has 3 aromatic carbocycles. The number of hydrogen-bond donors (Lipinski definition) is 0. The molecule has 8 heteroatoms. The lowest BCUT2D eigenvalue weighted by Crippen LogP contribution is -2.02. The molecule has 0 fully saturated rings. The van der Waals surface area contributed by atoms with Gasteiger partial charge >= 0.3 is 0 Å². The second kappa shape index (κ2) is 8.45. The first kappa shape index (κ1) is 21.5. The van der Waals surface area contributed by atoms with Crippen LogP contribution in [0.25, 0.3) is 21.7 Å². The molecule has 156 valence electrons. The standard InChI is InChI=1S/C23H15BrFNO3S2/c1-31(28,29)19-5-3-2-4-18(19)20-22(15-8-12-17(25)13-9-15)30-23(26-20)21(27)14-6-10-16(24)11-7-14/h2-13H,1H3. The molecule has 0 saturated heterocycles. The Kier molecular flexibility index (Phi) is 5.88. The Labute approximate surface area is 191 Å². The van der Waals surface area contributed by atoms with Gasteiger partial charge in [0.2, 0.25) is 5.78 Å². The Morgan fingerprint density at radius 3 is 2.26 bits per heavy atom. The molecule has 4 rings (SSSR count). The van der Waals surface area contributed by atoms with E-state index in [1.54, 1.807) is 54.6 Å². The summed E-state index contributed by atoms with van der Waals surface area (Å²) < 4.78 is 39.1. The fourth-order valence-electron chi connectivity index (χ4n) is 3.11. The lowest BCUT2D eigenvalue weighted by atomic mass is 10.1. The largest absolute Gasteiger partial charge is 0.286 e. The van der Waals surface area contributed by atoms with Crippen molar-refractivity contribution in [1.29, 1.82) is 0 Å². The van der Waals surface area contributed by atoms with Crippen LogP contribution in [0.15, 0.2) is 82.2 Å². The van der Waals surface area contributed by atoms with Crippen LogP contribution in [-0.4, -0.2) is 25.4 Å². The number of nitrogens with zero attached hydrogens (tertiary/aromatic N) is 1. The van der Waals surface area contributed by atoms with Crippen LogP contribution in [0.1, 0.15) is 15.4 Å². The van der Waals surface area contributed by atoms with Gasteiger partial charge in [0.05, 0.1) is 15.5 Å².